The zero-order valence-electron chi connectivity index (χ0n) is 34.1. The second kappa shape index (κ2) is 17.9. The number of nitriles is 1. The van der Waals surface area contributed by atoms with E-state index in [4.69, 9.17) is 25.8 Å². The van der Waals surface area contributed by atoms with E-state index in [1.165, 1.54) is 16.7 Å². The monoisotopic (exact) mass is 866 g/mol. The van der Waals surface area contributed by atoms with E-state index < -0.39 is 27.2 Å². The van der Waals surface area contributed by atoms with E-state index in [9.17, 15) is 22.9 Å². The van der Waals surface area contributed by atoms with Crippen LogP contribution in [0.1, 0.15) is 67.4 Å². The first-order chi connectivity index (χ1) is 29.3. The number of anilines is 1. The third-order valence-corrected chi connectivity index (χ3v) is 13.3. The van der Waals surface area contributed by atoms with E-state index in [-0.39, 0.29) is 53.7 Å². The van der Waals surface area contributed by atoms with Gasteiger partial charge in [0.25, 0.3) is 15.9 Å². The lowest BCUT2D eigenvalue weighted by Gasteiger charge is -2.39. The average Bonchev–Trinajstić information content (AvgIpc) is 3.72. The van der Waals surface area contributed by atoms with E-state index in [0.29, 0.717) is 12.2 Å². The second-order valence-electron chi connectivity index (χ2n) is 16.8. The first-order valence-electron chi connectivity index (χ1n) is 20.5. The van der Waals surface area contributed by atoms with Crippen LogP contribution in [0.15, 0.2) is 95.7 Å². The maximum absolute atomic E-state index is 13.9. The van der Waals surface area contributed by atoms with Crippen LogP contribution in [0.4, 0.5) is 10.1 Å². The van der Waals surface area contributed by atoms with Crippen molar-refractivity contribution in [2.75, 3.05) is 50.8 Å². The van der Waals surface area contributed by atoms with Gasteiger partial charge in [-0.05, 0) is 96.8 Å². The number of aromatic amines is 1. The molecule has 318 valence electrons. The zero-order valence-corrected chi connectivity index (χ0v) is 35.7. The molecule has 61 heavy (non-hydrogen) atoms. The molecule has 0 bridgehead atoms. The number of piperazine rings is 1. The van der Waals surface area contributed by atoms with Gasteiger partial charge in [-0.3, -0.25) is 9.69 Å². The maximum Gasteiger partial charge on any atom is 0.268 e. The topological polar surface area (TPSA) is 150 Å². The van der Waals surface area contributed by atoms with Crippen molar-refractivity contribution in [1.82, 2.24) is 19.6 Å². The number of hydrogen-bond acceptors (Lipinski definition) is 10. The Morgan fingerprint density at radius 1 is 1.08 bits per heavy atom. The lowest BCUT2D eigenvalue weighted by molar-refractivity contribution is -0.0918. The number of ether oxygens (including phenoxy) is 3. The third-order valence-electron chi connectivity index (χ3n) is 11.8. The van der Waals surface area contributed by atoms with Crippen LogP contribution in [0.5, 0.6) is 17.4 Å². The van der Waals surface area contributed by atoms with Gasteiger partial charge in [0.05, 0.1) is 25.0 Å². The smallest absolute Gasteiger partial charge is 0.268 e. The van der Waals surface area contributed by atoms with E-state index in [1.807, 2.05) is 42.6 Å². The highest BCUT2D eigenvalue weighted by molar-refractivity contribution is 7.90. The molecule has 8 rings (SSSR count). The van der Waals surface area contributed by atoms with Crippen LogP contribution in [0, 0.1) is 22.7 Å². The summed E-state index contributed by atoms with van der Waals surface area (Å²) in [6.07, 6.45) is 5.39. The number of amides is 1. The largest absolute Gasteiger partial charge is 0.476 e. The Labute approximate surface area is 360 Å². The molecule has 1 amide bonds. The number of carbonyl (C=O) groups is 1. The fourth-order valence-electron chi connectivity index (χ4n) is 8.27. The minimum atomic E-state index is -4.51. The Bertz CT molecular complexity index is 2600. The fraction of sp³-hybridized carbons (Fsp3) is 0.370. The van der Waals surface area contributed by atoms with Crippen LogP contribution >= 0.6 is 11.6 Å². The number of carbonyl (C=O) groups excluding carboxylic acids is 1. The molecule has 2 unspecified atom stereocenters. The van der Waals surface area contributed by atoms with Gasteiger partial charge in [-0.25, -0.2) is 22.5 Å². The van der Waals surface area contributed by atoms with Crippen molar-refractivity contribution in [3.63, 3.8) is 0 Å². The van der Waals surface area contributed by atoms with Crippen LogP contribution in [-0.4, -0.2) is 81.5 Å². The van der Waals surface area contributed by atoms with E-state index >= 15 is 0 Å². The number of allylic oxidation sites excluding steroid dienone is 1. The molecule has 2 saturated heterocycles. The standard InChI is InChI=1S/C46H48ClFN6O6S/c1-46(2)14-11-33(40(25-46)31-3-5-35(47)6-4-31)28-53-16-18-54(19-17-53)36-7-9-39(42(24-36)60-37-8-10-41-32(22-37)12-15-50-41)44(55)52-61(56,57)38-23-34(26-49)45(51-27-38)59-29-30-13-20-58-43(48)21-30/h3-10,12,15,22-24,27,30,43,50H,11,13-14,16-21,25,28-29H2,1-2H3,(H,52,55). The molecule has 0 radical (unpaired) electrons. The molecule has 2 fully saturated rings. The molecule has 3 aliphatic rings. The van der Waals surface area contributed by atoms with Gasteiger partial charge in [-0.15, -0.1) is 0 Å². The van der Waals surface area contributed by atoms with Crippen molar-refractivity contribution in [2.45, 2.75) is 57.2 Å². The first-order valence-corrected chi connectivity index (χ1v) is 22.4. The lowest BCUT2D eigenvalue weighted by atomic mass is 9.72. The Kier molecular flexibility index (Phi) is 12.4. The summed E-state index contributed by atoms with van der Waals surface area (Å²) in [7, 11) is -4.51. The molecule has 15 heteroatoms. The maximum atomic E-state index is 13.9. The molecule has 5 aromatic rings. The van der Waals surface area contributed by atoms with Crippen LogP contribution in [-0.2, 0) is 14.8 Å². The Morgan fingerprint density at radius 3 is 2.66 bits per heavy atom. The summed E-state index contributed by atoms with van der Waals surface area (Å²) < 4.78 is 60.1. The minimum Gasteiger partial charge on any atom is -0.476 e. The van der Waals surface area contributed by atoms with Crippen molar-refractivity contribution in [2.24, 2.45) is 11.3 Å². The number of aromatic nitrogens is 2. The van der Waals surface area contributed by atoms with E-state index in [1.54, 1.807) is 24.3 Å². The summed E-state index contributed by atoms with van der Waals surface area (Å²) in [5, 5.41) is 11.4. The molecule has 2 atom stereocenters. The van der Waals surface area contributed by atoms with Gasteiger partial charge in [0, 0.05) is 78.9 Å². The van der Waals surface area contributed by atoms with E-state index in [2.05, 4.69) is 50.5 Å². The number of nitrogens with zero attached hydrogens (tertiary/aromatic N) is 4. The van der Waals surface area contributed by atoms with Crippen molar-refractivity contribution < 1.29 is 31.8 Å². The fourth-order valence-corrected chi connectivity index (χ4v) is 9.33. The van der Waals surface area contributed by atoms with Crippen molar-refractivity contribution in [1.29, 1.82) is 5.26 Å². The van der Waals surface area contributed by atoms with E-state index in [0.717, 1.165) is 85.9 Å². The molecule has 2 N–H and O–H groups in total. The number of H-pyrrole nitrogens is 1. The van der Waals surface area contributed by atoms with Crippen LogP contribution in [0.2, 0.25) is 5.02 Å². The van der Waals surface area contributed by atoms with Gasteiger partial charge >= 0.3 is 0 Å². The zero-order chi connectivity index (χ0) is 42.7. The summed E-state index contributed by atoms with van der Waals surface area (Å²) in [6, 6.07) is 23.7. The number of fused-ring (bicyclic) bond motifs is 1. The number of pyridine rings is 1. The van der Waals surface area contributed by atoms with Gasteiger partial charge in [0.15, 0.2) is 6.36 Å². The van der Waals surface area contributed by atoms with Gasteiger partial charge in [-0.1, -0.05) is 43.2 Å². The summed E-state index contributed by atoms with van der Waals surface area (Å²) in [5.41, 5.74) is 5.95. The molecular weight excluding hydrogens is 819 g/mol. The molecule has 1 aliphatic carbocycles. The number of rotatable bonds is 12. The molecule has 12 nitrogen and oxygen atoms in total. The van der Waals surface area contributed by atoms with Crippen molar-refractivity contribution >= 4 is 49.7 Å². The summed E-state index contributed by atoms with van der Waals surface area (Å²) >= 11 is 6.24. The summed E-state index contributed by atoms with van der Waals surface area (Å²) in [6.45, 7) is 9.04. The van der Waals surface area contributed by atoms with Crippen LogP contribution in [0.3, 0.4) is 0 Å². The number of alkyl halides is 1. The average molecular weight is 867 g/mol. The Balaban J connectivity index is 0.992. The molecule has 2 aromatic heterocycles. The van der Waals surface area contributed by atoms with Crippen LogP contribution in [0.25, 0.3) is 16.5 Å². The summed E-state index contributed by atoms with van der Waals surface area (Å²) in [4.78, 5) is 25.5. The highest BCUT2D eigenvalue weighted by Gasteiger charge is 2.30. The number of sulfonamides is 1. The molecule has 3 aromatic carbocycles. The van der Waals surface area contributed by atoms with Crippen molar-refractivity contribution in [3.05, 3.63) is 112 Å². The number of hydrogen-bond donors (Lipinski definition) is 2. The molecule has 0 spiro atoms. The predicted molar refractivity (Wildman–Crippen MR) is 232 cm³/mol. The summed E-state index contributed by atoms with van der Waals surface area (Å²) in [5.74, 6) is -0.516. The van der Waals surface area contributed by atoms with Gasteiger partial charge in [0.1, 0.15) is 28.0 Å². The first kappa shape index (κ1) is 42.2. The highest BCUT2D eigenvalue weighted by atomic mass is 35.5. The number of halogens is 2. The Hall–Kier alpha value is -5.46. The normalized spacial score (nSPS) is 19.7. The van der Waals surface area contributed by atoms with Gasteiger partial charge < -0.3 is 24.1 Å². The number of nitrogens with one attached hydrogen (secondary N) is 2. The highest BCUT2D eigenvalue weighted by Crippen LogP contribution is 2.43. The third kappa shape index (κ3) is 10.0. The van der Waals surface area contributed by atoms with Gasteiger partial charge in [-0.2, -0.15) is 5.26 Å². The number of benzene rings is 3. The lowest BCUT2D eigenvalue weighted by Crippen LogP contribution is -2.47. The SMILES string of the molecule is CC1(C)CCC(CN2CCN(c3ccc(C(=O)NS(=O)(=O)c4cnc(OCC5CCOC(F)C5)c(C#N)c4)c(Oc4ccc5[nH]ccc5c4)c3)CC2)=C(c2ccc(Cl)cc2)C1. The predicted octanol–water partition coefficient (Wildman–Crippen LogP) is 8.89. The van der Waals surface area contributed by atoms with Gasteiger partial charge in [0.2, 0.25) is 5.88 Å². The minimum absolute atomic E-state index is 0.00179. The molecule has 2 aliphatic heterocycles. The molecular formula is C46H48ClFN6O6S. The van der Waals surface area contributed by atoms with Crippen molar-refractivity contribution in [3.8, 4) is 23.4 Å². The second-order valence-corrected chi connectivity index (χ2v) is 18.9. The molecule has 0 saturated carbocycles. The Morgan fingerprint density at radius 2 is 1.89 bits per heavy atom. The van der Waals surface area contributed by atoms with Crippen LogP contribution < -0.4 is 19.1 Å². The molecule has 4 heterocycles. The quantitative estimate of drug-likeness (QED) is 0.125.